The zero-order valence-corrected chi connectivity index (χ0v) is 13.3. The van der Waals surface area contributed by atoms with Crippen molar-refractivity contribution >= 4 is 17.6 Å². The van der Waals surface area contributed by atoms with Crippen LogP contribution >= 0.6 is 0 Å². The summed E-state index contributed by atoms with van der Waals surface area (Å²) in [4.78, 5) is 23.5. The molecular weight excluding hydrogens is 304 g/mol. The highest BCUT2D eigenvalue weighted by Gasteiger charge is 2.06. The Hall–Kier alpha value is -3.33. The Kier molecular flexibility index (Phi) is 5.92. The van der Waals surface area contributed by atoms with Crippen molar-refractivity contribution in [3.05, 3.63) is 65.2 Å². The number of hydrogen-bond acceptors (Lipinski definition) is 3. The number of benzene rings is 2. The third kappa shape index (κ3) is 5.46. The van der Waals surface area contributed by atoms with Crippen LogP contribution in [-0.4, -0.2) is 18.5 Å². The molecule has 0 bridgehead atoms. The van der Waals surface area contributed by atoms with Crippen molar-refractivity contribution in [3.63, 3.8) is 0 Å². The number of anilines is 1. The highest BCUT2D eigenvalue weighted by molar-refractivity contribution is 5.94. The smallest absolute Gasteiger partial charge is 0.315 e. The highest BCUT2D eigenvalue weighted by Crippen LogP contribution is 2.09. The van der Waals surface area contributed by atoms with Crippen molar-refractivity contribution in [3.8, 4) is 6.07 Å². The Morgan fingerprint density at radius 2 is 1.83 bits per heavy atom. The maximum atomic E-state index is 11.8. The van der Waals surface area contributed by atoms with E-state index in [2.05, 4.69) is 16.0 Å². The molecule has 3 amide bonds. The van der Waals surface area contributed by atoms with Gasteiger partial charge in [-0.1, -0.05) is 35.9 Å². The Morgan fingerprint density at radius 3 is 2.54 bits per heavy atom. The molecule has 0 fully saturated rings. The molecule has 24 heavy (non-hydrogen) atoms. The predicted octanol–water partition coefficient (Wildman–Crippen LogP) is 2.30. The molecule has 6 nitrogen and oxygen atoms in total. The van der Waals surface area contributed by atoms with E-state index in [9.17, 15) is 9.59 Å². The third-order valence-corrected chi connectivity index (χ3v) is 3.26. The molecule has 0 radical (unpaired) electrons. The van der Waals surface area contributed by atoms with Crippen LogP contribution in [0.15, 0.2) is 48.5 Å². The standard InChI is InChI=1S/C18H18N4O2/c1-13-5-7-14(8-6-13)11-20-18(24)21-12-17(23)22-16-4-2-3-15(9-16)10-19/h2-9H,11-12H2,1H3,(H,22,23)(H2,20,21,24). The van der Waals surface area contributed by atoms with E-state index in [1.165, 1.54) is 0 Å². The molecule has 2 aromatic rings. The van der Waals surface area contributed by atoms with Gasteiger partial charge >= 0.3 is 6.03 Å². The molecule has 0 spiro atoms. The summed E-state index contributed by atoms with van der Waals surface area (Å²) in [7, 11) is 0. The van der Waals surface area contributed by atoms with E-state index in [0.29, 0.717) is 17.8 Å². The lowest BCUT2D eigenvalue weighted by atomic mass is 10.1. The minimum absolute atomic E-state index is 0.156. The Balaban J connectivity index is 1.73. The number of hydrogen-bond donors (Lipinski definition) is 3. The van der Waals surface area contributed by atoms with Gasteiger partial charge in [-0.05, 0) is 30.7 Å². The van der Waals surface area contributed by atoms with Crippen LogP contribution in [0.4, 0.5) is 10.5 Å². The van der Waals surface area contributed by atoms with Crippen molar-refractivity contribution in [2.75, 3.05) is 11.9 Å². The number of urea groups is 1. The van der Waals surface area contributed by atoms with Crippen LogP contribution in [0.25, 0.3) is 0 Å². The first-order valence-electron chi connectivity index (χ1n) is 7.44. The van der Waals surface area contributed by atoms with Crippen LogP contribution in [0.5, 0.6) is 0 Å². The molecule has 0 saturated heterocycles. The van der Waals surface area contributed by atoms with Gasteiger partial charge < -0.3 is 16.0 Å². The van der Waals surface area contributed by atoms with Gasteiger partial charge in [0.25, 0.3) is 0 Å². The summed E-state index contributed by atoms with van der Waals surface area (Å²) in [5.41, 5.74) is 3.10. The van der Waals surface area contributed by atoms with Gasteiger partial charge in [-0.15, -0.1) is 0 Å². The maximum Gasteiger partial charge on any atom is 0.315 e. The lowest BCUT2D eigenvalue weighted by Gasteiger charge is -2.09. The average Bonchev–Trinajstić information content (AvgIpc) is 2.59. The Labute approximate surface area is 140 Å². The van der Waals surface area contributed by atoms with Crippen molar-refractivity contribution in [1.29, 1.82) is 5.26 Å². The molecule has 3 N–H and O–H groups in total. The minimum atomic E-state index is -0.420. The summed E-state index contributed by atoms with van der Waals surface area (Å²) < 4.78 is 0. The summed E-state index contributed by atoms with van der Waals surface area (Å²) in [6.07, 6.45) is 0. The molecule has 0 aliphatic carbocycles. The zero-order chi connectivity index (χ0) is 17.4. The van der Waals surface area contributed by atoms with Crippen LogP contribution in [0.1, 0.15) is 16.7 Å². The van der Waals surface area contributed by atoms with E-state index < -0.39 is 6.03 Å². The maximum absolute atomic E-state index is 11.8. The molecule has 0 unspecified atom stereocenters. The first-order chi connectivity index (χ1) is 11.6. The Morgan fingerprint density at radius 1 is 1.08 bits per heavy atom. The zero-order valence-electron chi connectivity index (χ0n) is 13.3. The summed E-state index contributed by atoms with van der Waals surface area (Å²) >= 11 is 0. The molecule has 0 aromatic heterocycles. The molecule has 0 saturated carbocycles. The van der Waals surface area contributed by atoms with Crippen molar-refractivity contribution in [2.24, 2.45) is 0 Å². The van der Waals surface area contributed by atoms with Crippen LogP contribution in [0, 0.1) is 18.3 Å². The molecule has 2 aromatic carbocycles. The predicted molar refractivity (Wildman–Crippen MR) is 91.2 cm³/mol. The second-order valence-corrected chi connectivity index (χ2v) is 5.26. The van der Waals surface area contributed by atoms with E-state index in [-0.39, 0.29) is 12.5 Å². The number of carbonyl (C=O) groups excluding carboxylic acids is 2. The summed E-state index contributed by atoms with van der Waals surface area (Å²) in [6.45, 7) is 2.23. The van der Waals surface area contributed by atoms with Crippen molar-refractivity contribution in [2.45, 2.75) is 13.5 Å². The number of amides is 3. The SMILES string of the molecule is Cc1ccc(CNC(=O)NCC(=O)Nc2cccc(C#N)c2)cc1. The number of carbonyl (C=O) groups is 2. The number of nitrogens with one attached hydrogen (secondary N) is 3. The molecule has 6 heteroatoms. The van der Waals surface area contributed by atoms with E-state index >= 15 is 0 Å². The number of rotatable bonds is 5. The fraction of sp³-hybridized carbons (Fsp3) is 0.167. The summed E-state index contributed by atoms with van der Waals surface area (Å²) in [6, 6.07) is 15.9. The van der Waals surface area contributed by atoms with Crippen LogP contribution in [0.2, 0.25) is 0 Å². The molecule has 0 heterocycles. The molecule has 2 rings (SSSR count). The Bertz CT molecular complexity index is 763. The third-order valence-electron chi connectivity index (χ3n) is 3.26. The first-order valence-corrected chi connectivity index (χ1v) is 7.44. The van der Waals surface area contributed by atoms with Crippen molar-refractivity contribution < 1.29 is 9.59 Å². The average molecular weight is 322 g/mol. The van der Waals surface area contributed by atoms with Gasteiger partial charge in [-0.3, -0.25) is 4.79 Å². The number of aryl methyl sites for hydroxylation is 1. The van der Waals surface area contributed by atoms with Gasteiger partial charge in [0.2, 0.25) is 5.91 Å². The fourth-order valence-electron chi connectivity index (χ4n) is 1.98. The van der Waals surface area contributed by atoms with Gasteiger partial charge in [-0.2, -0.15) is 5.26 Å². The topological polar surface area (TPSA) is 94.0 Å². The van der Waals surface area contributed by atoms with Gasteiger partial charge in [0, 0.05) is 12.2 Å². The summed E-state index contributed by atoms with van der Waals surface area (Å²) in [5, 5.41) is 16.6. The molecule has 122 valence electrons. The lowest BCUT2D eigenvalue weighted by Crippen LogP contribution is -2.39. The van der Waals surface area contributed by atoms with Gasteiger partial charge in [0.1, 0.15) is 0 Å². The van der Waals surface area contributed by atoms with Crippen LogP contribution < -0.4 is 16.0 Å². The molecule has 0 aliphatic heterocycles. The second-order valence-electron chi connectivity index (χ2n) is 5.26. The van der Waals surface area contributed by atoms with Gasteiger partial charge in [0.15, 0.2) is 0 Å². The molecule has 0 atom stereocenters. The first kappa shape index (κ1) is 17.0. The normalized spacial score (nSPS) is 9.67. The second kappa shape index (κ2) is 8.34. The highest BCUT2D eigenvalue weighted by atomic mass is 16.2. The van der Waals surface area contributed by atoms with E-state index in [0.717, 1.165) is 11.1 Å². The van der Waals surface area contributed by atoms with Crippen LogP contribution in [0.3, 0.4) is 0 Å². The lowest BCUT2D eigenvalue weighted by molar-refractivity contribution is -0.115. The van der Waals surface area contributed by atoms with Crippen molar-refractivity contribution in [1.82, 2.24) is 10.6 Å². The van der Waals surface area contributed by atoms with Gasteiger partial charge in [0.05, 0.1) is 18.2 Å². The number of nitrogens with zero attached hydrogens (tertiary/aromatic N) is 1. The number of nitriles is 1. The largest absolute Gasteiger partial charge is 0.334 e. The van der Waals surface area contributed by atoms with E-state index in [4.69, 9.17) is 5.26 Å². The quantitative estimate of drug-likeness (QED) is 0.788. The van der Waals surface area contributed by atoms with E-state index in [1.54, 1.807) is 24.3 Å². The molecule has 0 aliphatic rings. The fourth-order valence-corrected chi connectivity index (χ4v) is 1.98. The van der Waals surface area contributed by atoms with Gasteiger partial charge in [-0.25, -0.2) is 4.79 Å². The monoisotopic (exact) mass is 322 g/mol. The molecular formula is C18H18N4O2. The van der Waals surface area contributed by atoms with E-state index in [1.807, 2.05) is 37.3 Å². The van der Waals surface area contributed by atoms with Crippen LogP contribution in [-0.2, 0) is 11.3 Å². The minimum Gasteiger partial charge on any atom is -0.334 e. The summed E-state index contributed by atoms with van der Waals surface area (Å²) in [5.74, 6) is -0.365.